The van der Waals surface area contributed by atoms with Gasteiger partial charge in [-0.25, -0.2) is 4.79 Å². The van der Waals surface area contributed by atoms with E-state index in [1.165, 1.54) is 11.6 Å². The van der Waals surface area contributed by atoms with E-state index in [2.05, 4.69) is 17.4 Å². The van der Waals surface area contributed by atoms with Crippen LogP contribution in [0, 0.1) is 0 Å². The van der Waals surface area contributed by atoms with Gasteiger partial charge in [0.05, 0.1) is 0 Å². The van der Waals surface area contributed by atoms with Crippen LogP contribution in [0.25, 0.3) is 0 Å². The molecule has 0 spiro atoms. The second-order valence-corrected chi connectivity index (χ2v) is 3.11. The highest BCUT2D eigenvalue weighted by Crippen LogP contribution is 2.19. The van der Waals surface area contributed by atoms with E-state index in [0.717, 1.165) is 23.3 Å². The molecular weight excluding hydrogens is 170 g/mol. The largest absolute Gasteiger partial charge is 0.247 e. The topological polar surface area (TPSA) is 29.4 Å². The molecule has 0 atom stereocenters. The van der Waals surface area contributed by atoms with Gasteiger partial charge in [-0.1, -0.05) is 19.1 Å². The van der Waals surface area contributed by atoms with Crippen LogP contribution in [0.1, 0.15) is 12.5 Å². The van der Waals surface area contributed by atoms with Crippen LogP contribution in [-0.4, -0.2) is 6.08 Å². The van der Waals surface area contributed by atoms with Gasteiger partial charge in [-0.2, -0.15) is 0 Å². The summed E-state index contributed by atoms with van der Waals surface area (Å²) >= 11 is 1.15. The van der Waals surface area contributed by atoms with E-state index in [9.17, 15) is 4.79 Å². The molecular formula is C9H9NOS. The third-order valence-corrected chi connectivity index (χ3v) is 2.13. The van der Waals surface area contributed by atoms with E-state index in [4.69, 9.17) is 0 Å². The molecule has 3 heteroatoms. The molecule has 0 aliphatic heterocycles. The fraction of sp³-hybridized carbons (Fsp3) is 0.222. The molecule has 0 aliphatic rings. The summed E-state index contributed by atoms with van der Waals surface area (Å²) in [7, 11) is 0. The summed E-state index contributed by atoms with van der Waals surface area (Å²) < 4.78 is 3.43. The van der Waals surface area contributed by atoms with Crippen LogP contribution in [0.2, 0.25) is 0 Å². The van der Waals surface area contributed by atoms with Crippen molar-refractivity contribution in [2.24, 2.45) is 4.40 Å². The van der Waals surface area contributed by atoms with Crippen LogP contribution >= 0.6 is 11.9 Å². The zero-order valence-corrected chi connectivity index (χ0v) is 7.60. The van der Waals surface area contributed by atoms with Crippen molar-refractivity contribution in [3.8, 4) is 0 Å². The molecule has 0 saturated heterocycles. The van der Waals surface area contributed by atoms with Crippen LogP contribution in [0.5, 0.6) is 0 Å². The maximum Gasteiger partial charge on any atom is 0.247 e. The Bertz CT molecular complexity index is 305. The minimum atomic E-state index is 0.984. The first-order chi connectivity index (χ1) is 5.86. The van der Waals surface area contributed by atoms with Gasteiger partial charge in [0, 0.05) is 16.8 Å². The predicted molar refractivity (Wildman–Crippen MR) is 49.8 cm³/mol. The molecule has 0 amide bonds. The summed E-state index contributed by atoms with van der Waals surface area (Å²) in [5.74, 6) is 0. The Labute approximate surface area is 75.8 Å². The SMILES string of the molecule is CCc1cccc(SN=C=O)c1. The quantitative estimate of drug-likeness (QED) is 0.405. The molecule has 0 radical (unpaired) electrons. The molecule has 0 heterocycles. The Morgan fingerprint density at radius 1 is 1.58 bits per heavy atom. The Morgan fingerprint density at radius 2 is 2.42 bits per heavy atom. The van der Waals surface area contributed by atoms with Gasteiger partial charge in [0.1, 0.15) is 0 Å². The lowest BCUT2D eigenvalue weighted by atomic mass is 10.2. The van der Waals surface area contributed by atoms with Crippen molar-refractivity contribution in [3.05, 3.63) is 29.8 Å². The molecule has 1 aromatic rings. The molecule has 12 heavy (non-hydrogen) atoms. The summed E-state index contributed by atoms with van der Waals surface area (Å²) in [6.45, 7) is 2.09. The van der Waals surface area contributed by atoms with Crippen molar-refractivity contribution >= 4 is 18.0 Å². The summed E-state index contributed by atoms with van der Waals surface area (Å²) in [5, 5.41) is 0. The van der Waals surface area contributed by atoms with Crippen LogP contribution in [0.15, 0.2) is 33.6 Å². The van der Waals surface area contributed by atoms with E-state index < -0.39 is 0 Å². The smallest absolute Gasteiger partial charge is 0.210 e. The molecule has 2 nitrogen and oxygen atoms in total. The molecule has 0 saturated carbocycles. The fourth-order valence-corrected chi connectivity index (χ4v) is 1.38. The van der Waals surface area contributed by atoms with Gasteiger partial charge in [0.25, 0.3) is 0 Å². The summed E-state index contributed by atoms with van der Waals surface area (Å²) in [6.07, 6.45) is 2.49. The van der Waals surface area contributed by atoms with Crippen LogP contribution in [-0.2, 0) is 11.2 Å². The first kappa shape index (κ1) is 9.04. The summed E-state index contributed by atoms with van der Waals surface area (Å²) in [4.78, 5) is 10.8. The maximum absolute atomic E-state index is 9.82. The summed E-state index contributed by atoms with van der Waals surface area (Å²) in [5.41, 5.74) is 1.25. The number of nitrogens with zero attached hydrogens (tertiary/aromatic N) is 1. The Balaban J connectivity index is 2.78. The average Bonchev–Trinajstić information content (AvgIpc) is 2.15. The number of isocyanates is 1. The summed E-state index contributed by atoms with van der Waals surface area (Å²) in [6, 6.07) is 7.95. The lowest BCUT2D eigenvalue weighted by molar-refractivity contribution is 0.566. The van der Waals surface area contributed by atoms with Gasteiger partial charge in [-0.05, 0) is 24.1 Å². The fourth-order valence-electron chi connectivity index (χ4n) is 0.894. The Kier molecular flexibility index (Phi) is 3.58. The van der Waals surface area contributed by atoms with E-state index in [-0.39, 0.29) is 0 Å². The lowest BCUT2D eigenvalue weighted by Crippen LogP contribution is -1.78. The highest BCUT2D eigenvalue weighted by molar-refractivity contribution is 7.98. The average molecular weight is 179 g/mol. The number of rotatable bonds is 3. The molecule has 1 rings (SSSR count). The van der Waals surface area contributed by atoms with Crippen molar-refractivity contribution in [2.45, 2.75) is 18.2 Å². The normalized spacial score (nSPS) is 9.08. The van der Waals surface area contributed by atoms with Crippen LogP contribution in [0.3, 0.4) is 0 Å². The number of hydrogen-bond donors (Lipinski definition) is 0. The maximum atomic E-state index is 9.82. The van der Waals surface area contributed by atoms with Crippen molar-refractivity contribution in [1.82, 2.24) is 0 Å². The van der Waals surface area contributed by atoms with Crippen LogP contribution < -0.4 is 0 Å². The van der Waals surface area contributed by atoms with E-state index in [1.54, 1.807) is 0 Å². The highest BCUT2D eigenvalue weighted by Gasteiger charge is 1.93. The monoisotopic (exact) mass is 179 g/mol. The molecule has 0 N–H and O–H groups in total. The highest BCUT2D eigenvalue weighted by atomic mass is 32.2. The zero-order valence-electron chi connectivity index (χ0n) is 6.78. The van der Waals surface area contributed by atoms with E-state index >= 15 is 0 Å². The molecule has 0 unspecified atom stereocenters. The van der Waals surface area contributed by atoms with Crippen molar-refractivity contribution in [2.75, 3.05) is 0 Å². The third kappa shape index (κ3) is 2.53. The number of hydrogen-bond acceptors (Lipinski definition) is 3. The van der Waals surface area contributed by atoms with Crippen molar-refractivity contribution in [1.29, 1.82) is 0 Å². The molecule has 0 aromatic heterocycles. The standard InChI is InChI=1S/C9H9NOS/c1-2-8-4-3-5-9(6-8)12-10-7-11/h3-6H,2H2,1H3. The lowest BCUT2D eigenvalue weighted by Gasteiger charge is -1.97. The first-order valence-electron chi connectivity index (χ1n) is 3.70. The number of aryl methyl sites for hydroxylation is 1. The van der Waals surface area contributed by atoms with Gasteiger partial charge < -0.3 is 0 Å². The van der Waals surface area contributed by atoms with Crippen molar-refractivity contribution in [3.63, 3.8) is 0 Å². The minimum absolute atomic E-state index is 0.984. The van der Waals surface area contributed by atoms with Crippen molar-refractivity contribution < 1.29 is 4.79 Å². The first-order valence-corrected chi connectivity index (χ1v) is 4.47. The number of carbonyl (C=O) groups excluding carboxylic acids is 1. The van der Waals surface area contributed by atoms with E-state index in [0.29, 0.717) is 0 Å². The second-order valence-electron chi connectivity index (χ2n) is 2.27. The van der Waals surface area contributed by atoms with Gasteiger partial charge in [0.2, 0.25) is 6.08 Å². The minimum Gasteiger partial charge on any atom is -0.210 e. The van der Waals surface area contributed by atoms with E-state index in [1.807, 2.05) is 18.2 Å². The molecule has 62 valence electrons. The molecule has 0 fully saturated rings. The number of benzene rings is 1. The third-order valence-electron chi connectivity index (χ3n) is 1.50. The molecule has 1 aromatic carbocycles. The van der Waals surface area contributed by atoms with Gasteiger partial charge in [-0.15, -0.1) is 4.40 Å². The van der Waals surface area contributed by atoms with Crippen LogP contribution in [0.4, 0.5) is 0 Å². The van der Waals surface area contributed by atoms with Gasteiger partial charge >= 0.3 is 0 Å². The van der Waals surface area contributed by atoms with Gasteiger partial charge in [0.15, 0.2) is 0 Å². The zero-order chi connectivity index (χ0) is 8.81. The molecule has 0 aliphatic carbocycles. The predicted octanol–water partition coefficient (Wildman–Crippen LogP) is 2.59. The van der Waals surface area contributed by atoms with Gasteiger partial charge in [-0.3, -0.25) is 0 Å². The second kappa shape index (κ2) is 4.75. The Hall–Kier alpha value is -1.05. The molecule has 0 bridgehead atoms. The Morgan fingerprint density at radius 3 is 3.08 bits per heavy atom.